The van der Waals surface area contributed by atoms with Gasteiger partial charge in [-0.1, -0.05) is 29.3 Å². The number of hydrogen-bond donors (Lipinski definition) is 2. The third-order valence-corrected chi connectivity index (χ3v) is 4.03. The molecular weight excluding hydrogens is 402 g/mol. The van der Waals surface area contributed by atoms with E-state index in [1.165, 1.54) is 6.07 Å². The summed E-state index contributed by atoms with van der Waals surface area (Å²) in [5, 5.41) is 14.2. The number of nitriles is 1. The van der Waals surface area contributed by atoms with Gasteiger partial charge in [0.25, 0.3) is 5.91 Å². The Labute approximate surface area is 163 Å². The summed E-state index contributed by atoms with van der Waals surface area (Å²) in [6.45, 7) is 1.80. The minimum absolute atomic E-state index is 0.142. The molecule has 0 saturated carbocycles. The molecular formula is C18H12Cl2F3N3O. The minimum atomic E-state index is -4.67. The van der Waals surface area contributed by atoms with Crippen LogP contribution in [0.3, 0.4) is 0 Å². The van der Waals surface area contributed by atoms with Gasteiger partial charge in [0, 0.05) is 22.6 Å². The Hall–Kier alpha value is -2.69. The van der Waals surface area contributed by atoms with Crippen molar-refractivity contribution >= 4 is 40.5 Å². The van der Waals surface area contributed by atoms with Crippen LogP contribution in [0.5, 0.6) is 0 Å². The predicted octanol–water partition coefficient (Wildman–Crippen LogP) is 5.78. The lowest BCUT2D eigenvalue weighted by molar-refractivity contribution is -0.137. The van der Waals surface area contributed by atoms with Crippen molar-refractivity contribution in [2.24, 2.45) is 0 Å². The van der Waals surface area contributed by atoms with Gasteiger partial charge >= 0.3 is 6.18 Å². The molecule has 4 nitrogen and oxygen atoms in total. The van der Waals surface area contributed by atoms with E-state index in [0.29, 0.717) is 16.8 Å². The first-order valence-electron chi connectivity index (χ1n) is 7.43. The van der Waals surface area contributed by atoms with Crippen LogP contribution in [0.1, 0.15) is 11.1 Å². The summed E-state index contributed by atoms with van der Waals surface area (Å²) in [5.74, 6) is -0.875. The van der Waals surface area contributed by atoms with Crippen LogP contribution < -0.4 is 10.6 Å². The second-order valence-corrected chi connectivity index (χ2v) is 6.26. The molecule has 27 heavy (non-hydrogen) atoms. The Morgan fingerprint density at radius 2 is 1.89 bits per heavy atom. The lowest BCUT2D eigenvalue weighted by atomic mass is 10.1. The molecule has 140 valence electrons. The van der Waals surface area contributed by atoms with Gasteiger partial charge in [0.2, 0.25) is 0 Å². The number of carbonyl (C=O) groups is 1. The quantitative estimate of drug-likeness (QED) is 0.493. The van der Waals surface area contributed by atoms with Gasteiger partial charge in [0.1, 0.15) is 11.6 Å². The van der Waals surface area contributed by atoms with Crippen molar-refractivity contribution in [3.8, 4) is 6.07 Å². The van der Waals surface area contributed by atoms with E-state index in [1.807, 2.05) is 0 Å². The van der Waals surface area contributed by atoms with Crippen molar-refractivity contribution < 1.29 is 18.0 Å². The van der Waals surface area contributed by atoms with Gasteiger partial charge < -0.3 is 10.6 Å². The first-order valence-corrected chi connectivity index (χ1v) is 8.18. The Balaban J connectivity index is 2.20. The van der Waals surface area contributed by atoms with Crippen molar-refractivity contribution in [2.45, 2.75) is 13.1 Å². The average Bonchev–Trinajstić information content (AvgIpc) is 2.59. The van der Waals surface area contributed by atoms with E-state index < -0.39 is 22.7 Å². The third kappa shape index (κ3) is 5.39. The Bertz CT molecular complexity index is 950. The maximum absolute atomic E-state index is 12.9. The van der Waals surface area contributed by atoms with Crippen molar-refractivity contribution in [3.05, 3.63) is 69.3 Å². The molecule has 0 aromatic heterocycles. The van der Waals surface area contributed by atoms with Crippen LogP contribution in [0.25, 0.3) is 0 Å². The fourth-order valence-electron chi connectivity index (χ4n) is 2.07. The molecule has 0 aliphatic heterocycles. The monoisotopic (exact) mass is 413 g/mol. The standard InChI is InChI=1S/C18H12Cl2F3N3O/c1-10-2-3-12(19)6-16(10)25-9-11(8-24)17(27)26-13-4-5-15(20)14(7-13)18(21,22)23/h2-7,9,25H,1H3,(H,26,27)/b11-9-. The topological polar surface area (TPSA) is 64.9 Å². The molecule has 0 heterocycles. The summed E-state index contributed by atoms with van der Waals surface area (Å²) < 4.78 is 38.7. The molecule has 2 N–H and O–H groups in total. The highest BCUT2D eigenvalue weighted by molar-refractivity contribution is 6.31. The molecule has 0 spiro atoms. The number of benzene rings is 2. The Kier molecular flexibility index (Phi) is 6.37. The van der Waals surface area contributed by atoms with Crippen molar-refractivity contribution in [1.82, 2.24) is 0 Å². The molecule has 2 aromatic rings. The van der Waals surface area contributed by atoms with Gasteiger partial charge in [0.05, 0.1) is 10.6 Å². The second kappa shape index (κ2) is 8.33. The van der Waals surface area contributed by atoms with E-state index in [-0.39, 0.29) is 11.3 Å². The van der Waals surface area contributed by atoms with E-state index in [9.17, 15) is 18.0 Å². The largest absolute Gasteiger partial charge is 0.417 e. The molecule has 0 unspecified atom stereocenters. The minimum Gasteiger partial charge on any atom is -0.360 e. The molecule has 2 aromatic carbocycles. The second-order valence-electron chi connectivity index (χ2n) is 5.42. The lowest BCUT2D eigenvalue weighted by Crippen LogP contribution is -2.15. The van der Waals surface area contributed by atoms with Crippen LogP contribution >= 0.6 is 23.2 Å². The molecule has 0 aliphatic rings. The van der Waals surface area contributed by atoms with Crippen LogP contribution in [-0.4, -0.2) is 5.91 Å². The highest BCUT2D eigenvalue weighted by Crippen LogP contribution is 2.36. The number of halogens is 5. The summed E-state index contributed by atoms with van der Waals surface area (Å²) in [6.07, 6.45) is -3.52. The van der Waals surface area contributed by atoms with Gasteiger partial charge in [-0.25, -0.2) is 0 Å². The van der Waals surface area contributed by atoms with Gasteiger partial charge in [-0.2, -0.15) is 18.4 Å². The van der Waals surface area contributed by atoms with E-state index in [0.717, 1.165) is 17.8 Å². The van der Waals surface area contributed by atoms with Crippen molar-refractivity contribution in [3.63, 3.8) is 0 Å². The first-order chi connectivity index (χ1) is 12.6. The molecule has 2 rings (SSSR count). The number of alkyl halides is 3. The van der Waals surface area contributed by atoms with Crippen LogP contribution in [0.4, 0.5) is 24.5 Å². The molecule has 0 bridgehead atoms. The summed E-state index contributed by atoms with van der Waals surface area (Å²) in [4.78, 5) is 12.2. The molecule has 0 aliphatic carbocycles. The van der Waals surface area contributed by atoms with E-state index >= 15 is 0 Å². The number of aryl methyl sites for hydroxylation is 1. The molecule has 0 radical (unpaired) electrons. The number of hydrogen-bond acceptors (Lipinski definition) is 3. The normalized spacial score (nSPS) is 11.7. The summed E-state index contributed by atoms with van der Waals surface area (Å²) in [7, 11) is 0. The van der Waals surface area contributed by atoms with Crippen molar-refractivity contribution in [2.75, 3.05) is 10.6 Å². The fraction of sp³-hybridized carbons (Fsp3) is 0.111. The highest BCUT2D eigenvalue weighted by atomic mass is 35.5. The number of anilines is 2. The summed E-state index contributed by atoms with van der Waals surface area (Å²) in [6, 6.07) is 9.65. The van der Waals surface area contributed by atoms with Gasteiger partial charge in [-0.05, 0) is 42.8 Å². The van der Waals surface area contributed by atoms with E-state index in [2.05, 4.69) is 10.6 Å². The fourth-order valence-corrected chi connectivity index (χ4v) is 2.46. The van der Waals surface area contributed by atoms with Crippen LogP contribution in [0.2, 0.25) is 10.0 Å². The van der Waals surface area contributed by atoms with Crippen molar-refractivity contribution in [1.29, 1.82) is 5.26 Å². The number of amides is 1. The van der Waals surface area contributed by atoms with E-state index in [1.54, 1.807) is 31.2 Å². The van der Waals surface area contributed by atoms with Crippen LogP contribution in [0, 0.1) is 18.3 Å². The average molecular weight is 414 g/mol. The lowest BCUT2D eigenvalue weighted by Gasteiger charge is -2.12. The van der Waals surface area contributed by atoms with E-state index in [4.69, 9.17) is 28.5 Å². The summed E-state index contributed by atoms with van der Waals surface area (Å²) in [5.41, 5.74) is -0.165. The molecule has 0 saturated heterocycles. The van der Waals surface area contributed by atoms with Gasteiger partial charge in [-0.15, -0.1) is 0 Å². The maximum Gasteiger partial charge on any atom is 0.417 e. The SMILES string of the molecule is Cc1ccc(Cl)cc1N/C=C(/C#N)C(=O)Nc1ccc(Cl)c(C(F)(F)F)c1. The molecule has 0 fully saturated rings. The van der Waals surface area contributed by atoms with Gasteiger partial charge in [0.15, 0.2) is 0 Å². The molecule has 0 atom stereocenters. The zero-order valence-corrected chi connectivity index (χ0v) is 15.3. The van der Waals surface area contributed by atoms with Crippen LogP contribution in [-0.2, 0) is 11.0 Å². The highest BCUT2D eigenvalue weighted by Gasteiger charge is 2.33. The first kappa shape index (κ1) is 20.6. The number of nitrogens with zero attached hydrogens (tertiary/aromatic N) is 1. The number of rotatable bonds is 4. The smallest absolute Gasteiger partial charge is 0.360 e. The zero-order chi connectivity index (χ0) is 20.2. The summed E-state index contributed by atoms with van der Waals surface area (Å²) >= 11 is 11.4. The van der Waals surface area contributed by atoms with Gasteiger partial charge in [-0.3, -0.25) is 4.79 Å². The molecule has 9 heteroatoms. The predicted molar refractivity (Wildman–Crippen MR) is 98.6 cm³/mol. The zero-order valence-electron chi connectivity index (χ0n) is 13.8. The number of carbonyl (C=O) groups excluding carboxylic acids is 1. The maximum atomic E-state index is 12.9. The Morgan fingerprint density at radius 1 is 1.19 bits per heavy atom. The number of nitrogens with one attached hydrogen (secondary N) is 2. The third-order valence-electron chi connectivity index (χ3n) is 3.47. The van der Waals surface area contributed by atoms with Crippen LogP contribution in [0.15, 0.2) is 48.2 Å². The molecule has 1 amide bonds. The Morgan fingerprint density at radius 3 is 2.52 bits per heavy atom.